The molecule has 0 amide bonds. The van der Waals surface area contributed by atoms with Crippen molar-refractivity contribution >= 4 is 0 Å². The summed E-state index contributed by atoms with van der Waals surface area (Å²) >= 11 is 0. The molecule has 5 heteroatoms. The summed E-state index contributed by atoms with van der Waals surface area (Å²) in [5.41, 5.74) is 4.53. The summed E-state index contributed by atoms with van der Waals surface area (Å²) in [6.45, 7) is 5.85. The van der Waals surface area contributed by atoms with Crippen molar-refractivity contribution in [2.75, 3.05) is 0 Å². The van der Waals surface area contributed by atoms with Crippen molar-refractivity contribution in [1.82, 2.24) is 20.0 Å². The molecule has 0 radical (unpaired) electrons. The molecule has 2 rings (SSSR count). The minimum atomic E-state index is -0.570. The largest absolute Gasteiger partial charge is 0.388 e. The SMILES string of the molecule is CCc1nnc(C)cc1C(O)Cc1cc(C)nn1C. The van der Waals surface area contributed by atoms with Crippen LogP contribution >= 0.6 is 0 Å². The summed E-state index contributed by atoms with van der Waals surface area (Å²) in [4.78, 5) is 0. The van der Waals surface area contributed by atoms with Gasteiger partial charge in [0.1, 0.15) is 0 Å². The van der Waals surface area contributed by atoms with Gasteiger partial charge in [-0.3, -0.25) is 4.68 Å². The maximum atomic E-state index is 10.4. The highest BCUT2D eigenvalue weighted by Gasteiger charge is 2.16. The van der Waals surface area contributed by atoms with Gasteiger partial charge in [-0.1, -0.05) is 6.92 Å². The minimum Gasteiger partial charge on any atom is -0.388 e. The molecule has 0 aliphatic heterocycles. The topological polar surface area (TPSA) is 63.8 Å². The van der Waals surface area contributed by atoms with Gasteiger partial charge in [0, 0.05) is 24.7 Å². The van der Waals surface area contributed by atoms with E-state index in [4.69, 9.17) is 0 Å². The summed E-state index contributed by atoms with van der Waals surface area (Å²) in [6.07, 6.45) is 0.735. The molecule has 0 fully saturated rings. The number of hydrogen-bond acceptors (Lipinski definition) is 4. The fourth-order valence-electron chi connectivity index (χ4n) is 2.26. The third-order valence-corrected chi connectivity index (χ3v) is 3.22. The lowest BCUT2D eigenvalue weighted by molar-refractivity contribution is 0.174. The smallest absolute Gasteiger partial charge is 0.0864 e. The van der Waals surface area contributed by atoms with E-state index >= 15 is 0 Å². The molecule has 1 atom stereocenters. The summed E-state index contributed by atoms with van der Waals surface area (Å²) in [7, 11) is 1.89. The van der Waals surface area contributed by atoms with Crippen LogP contribution in [0.3, 0.4) is 0 Å². The van der Waals surface area contributed by atoms with E-state index in [1.807, 2.05) is 44.6 Å². The average molecular weight is 260 g/mol. The first-order valence-corrected chi connectivity index (χ1v) is 6.52. The Bertz CT molecular complexity index is 577. The zero-order valence-electron chi connectivity index (χ0n) is 11.9. The first-order chi connectivity index (χ1) is 9.01. The van der Waals surface area contributed by atoms with Crippen molar-refractivity contribution in [3.05, 3.63) is 40.5 Å². The van der Waals surface area contributed by atoms with E-state index < -0.39 is 6.10 Å². The van der Waals surface area contributed by atoms with Crippen LogP contribution in [-0.2, 0) is 19.9 Å². The van der Waals surface area contributed by atoms with Crippen LogP contribution < -0.4 is 0 Å². The zero-order valence-corrected chi connectivity index (χ0v) is 11.9. The molecule has 2 aromatic rings. The van der Waals surface area contributed by atoms with Crippen LogP contribution in [0.5, 0.6) is 0 Å². The Hall–Kier alpha value is -1.75. The molecule has 0 bridgehead atoms. The molecule has 0 saturated heterocycles. The second-order valence-corrected chi connectivity index (χ2v) is 4.86. The maximum absolute atomic E-state index is 10.4. The molecule has 0 aliphatic carbocycles. The number of rotatable bonds is 4. The van der Waals surface area contributed by atoms with Crippen LogP contribution in [0.2, 0.25) is 0 Å². The molecule has 0 aromatic carbocycles. The van der Waals surface area contributed by atoms with Crippen LogP contribution in [0.4, 0.5) is 0 Å². The predicted molar refractivity (Wildman–Crippen MR) is 72.8 cm³/mol. The van der Waals surface area contributed by atoms with E-state index in [-0.39, 0.29) is 0 Å². The zero-order chi connectivity index (χ0) is 14.0. The number of aliphatic hydroxyl groups excluding tert-OH is 1. The lowest BCUT2D eigenvalue weighted by Gasteiger charge is -2.14. The lowest BCUT2D eigenvalue weighted by Crippen LogP contribution is -2.11. The molecule has 2 heterocycles. The van der Waals surface area contributed by atoms with Crippen LogP contribution in [-0.4, -0.2) is 25.1 Å². The molecule has 5 nitrogen and oxygen atoms in total. The van der Waals surface area contributed by atoms with Crippen molar-refractivity contribution in [3.63, 3.8) is 0 Å². The van der Waals surface area contributed by atoms with E-state index in [9.17, 15) is 5.11 Å². The Morgan fingerprint density at radius 1 is 1.21 bits per heavy atom. The highest BCUT2D eigenvalue weighted by Crippen LogP contribution is 2.21. The Kier molecular flexibility index (Phi) is 3.95. The Morgan fingerprint density at radius 3 is 2.53 bits per heavy atom. The van der Waals surface area contributed by atoms with Crippen LogP contribution in [0.1, 0.15) is 41.4 Å². The first-order valence-electron chi connectivity index (χ1n) is 6.52. The molecule has 19 heavy (non-hydrogen) atoms. The van der Waals surface area contributed by atoms with Gasteiger partial charge in [-0.25, -0.2) is 0 Å². The predicted octanol–water partition coefficient (Wildman–Crippen LogP) is 1.67. The Balaban J connectivity index is 2.26. The summed E-state index contributed by atoms with van der Waals surface area (Å²) in [6, 6.07) is 3.91. The van der Waals surface area contributed by atoms with Crippen LogP contribution in [0, 0.1) is 13.8 Å². The molecule has 1 N–H and O–H groups in total. The Morgan fingerprint density at radius 2 is 1.95 bits per heavy atom. The molecule has 102 valence electrons. The molecule has 0 saturated carbocycles. The second kappa shape index (κ2) is 5.48. The van der Waals surface area contributed by atoms with Crippen LogP contribution in [0.25, 0.3) is 0 Å². The Labute approximate surface area is 113 Å². The quantitative estimate of drug-likeness (QED) is 0.908. The summed E-state index contributed by atoms with van der Waals surface area (Å²) < 4.78 is 1.81. The van der Waals surface area contributed by atoms with Crippen LogP contribution in [0.15, 0.2) is 12.1 Å². The number of aliphatic hydroxyl groups is 1. The van der Waals surface area contributed by atoms with Gasteiger partial charge in [-0.2, -0.15) is 15.3 Å². The number of aromatic nitrogens is 4. The van der Waals surface area contributed by atoms with Gasteiger partial charge < -0.3 is 5.11 Å². The number of hydrogen-bond donors (Lipinski definition) is 1. The van der Waals surface area contributed by atoms with Crippen molar-refractivity contribution in [3.8, 4) is 0 Å². The van der Waals surface area contributed by atoms with E-state index in [0.717, 1.165) is 34.8 Å². The minimum absolute atomic E-state index is 0.537. The van der Waals surface area contributed by atoms with Gasteiger partial charge in [0.2, 0.25) is 0 Å². The van der Waals surface area contributed by atoms with Crippen molar-refractivity contribution in [2.24, 2.45) is 7.05 Å². The fourth-order valence-corrected chi connectivity index (χ4v) is 2.26. The van der Waals surface area contributed by atoms with E-state index in [2.05, 4.69) is 15.3 Å². The molecule has 1 unspecified atom stereocenters. The first kappa shape index (κ1) is 13.7. The molecule has 2 aromatic heterocycles. The van der Waals surface area contributed by atoms with E-state index in [0.29, 0.717) is 6.42 Å². The van der Waals surface area contributed by atoms with Crippen molar-refractivity contribution < 1.29 is 5.11 Å². The normalized spacial score (nSPS) is 12.7. The molecular formula is C14H20N4O. The molecular weight excluding hydrogens is 240 g/mol. The van der Waals surface area contributed by atoms with Gasteiger partial charge >= 0.3 is 0 Å². The number of aryl methyl sites for hydroxylation is 4. The summed E-state index contributed by atoms with van der Waals surface area (Å²) in [5, 5.41) is 22.9. The van der Waals surface area contributed by atoms with Gasteiger partial charge in [0.05, 0.1) is 23.2 Å². The highest BCUT2D eigenvalue weighted by molar-refractivity contribution is 5.25. The van der Waals surface area contributed by atoms with Gasteiger partial charge in [0.15, 0.2) is 0 Å². The van der Waals surface area contributed by atoms with Crippen molar-refractivity contribution in [2.45, 2.75) is 39.7 Å². The third-order valence-electron chi connectivity index (χ3n) is 3.22. The highest BCUT2D eigenvalue weighted by atomic mass is 16.3. The van der Waals surface area contributed by atoms with E-state index in [1.165, 1.54) is 0 Å². The third kappa shape index (κ3) is 2.98. The summed E-state index contributed by atoms with van der Waals surface area (Å²) in [5.74, 6) is 0. The van der Waals surface area contributed by atoms with E-state index in [1.54, 1.807) is 0 Å². The lowest BCUT2D eigenvalue weighted by atomic mass is 10.0. The standard InChI is InChI=1S/C14H20N4O/c1-5-13-12(7-9(2)15-16-13)14(19)8-11-6-10(3)17-18(11)4/h6-7,14,19H,5,8H2,1-4H3. The van der Waals surface area contributed by atoms with Crippen molar-refractivity contribution in [1.29, 1.82) is 0 Å². The van der Waals surface area contributed by atoms with Gasteiger partial charge in [0.25, 0.3) is 0 Å². The average Bonchev–Trinajstić information content (AvgIpc) is 2.67. The molecule has 0 spiro atoms. The van der Waals surface area contributed by atoms with Gasteiger partial charge in [-0.05, 0) is 32.4 Å². The number of nitrogens with zero attached hydrogens (tertiary/aromatic N) is 4. The second-order valence-electron chi connectivity index (χ2n) is 4.86. The monoisotopic (exact) mass is 260 g/mol. The fraction of sp³-hybridized carbons (Fsp3) is 0.500. The molecule has 0 aliphatic rings. The van der Waals surface area contributed by atoms with Gasteiger partial charge in [-0.15, -0.1) is 0 Å². The maximum Gasteiger partial charge on any atom is 0.0864 e.